The maximum atomic E-state index is 3.51. The molecule has 0 amide bonds. The minimum atomic E-state index is 0.605. The molecule has 1 N–H and O–H groups in total. The third kappa shape index (κ3) is 3.67. The summed E-state index contributed by atoms with van der Waals surface area (Å²) in [7, 11) is 2.10. The monoisotopic (exact) mass is 267 g/mol. The van der Waals surface area contributed by atoms with E-state index in [0.29, 0.717) is 6.04 Å². The fourth-order valence-corrected chi connectivity index (χ4v) is 5.16. The van der Waals surface area contributed by atoms with Gasteiger partial charge in [-0.3, -0.25) is 0 Å². The highest BCUT2D eigenvalue weighted by Crippen LogP contribution is 2.28. The van der Waals surface area contributed by atoms with E-state index in [-0.39, 0.29) is 0 Å². The Hall–Kier alpha value is -0.120. The lowest BCUT2D eigenvalue weighted by Gasteiger charge is -2.29. The molecule has 0 aliphatic carbocycles. The van der Waals surface area contributed by atoms with Gasteiger partial charge in [0.15, 0.2) is 0 Å². The van der Waals surface area contributed by atoms with E-state index in [1.165, 1.54) is 28.4 Å². The number of aryl methyl sites for hydroxylation is 1. The van der Waals surface area contributed by atoms with Gasteiger partial charge in [-0.05, 0) is 31.5 Å². The molecule has 1 saturated heterocycles. The molecule has 0 saturated carbocycles. The zero-order chi connectivity index (χ0) is 12.1. The quantitative estimate of drug-likeness (QED) is 0.901. The Balaban J connectivity index is 2.01. The predicted octanol–water partition coefficient (Wildman–Crippen LogP) is 2.97. The Bertz CT molecular complexity index is 348. The van der Waals surface area contributed by atoms with Gasteiger partial charge in [0.25, 0.3) is 0 Å². The van der Waals surface area contributed by atoms with Crippen LogP contribution in [0, 0.1) is 6.92 Å². The van der Waals surface area contributed by atoms with Crippen molar-refractivity contribution in [2.24, 2.45) is 0 Å². The summed E-state index contributed by atoms with van der Waals surface area (Å²) >= 11 is 4.24. The van der Waals surface area contributed by atoms with Gasteiger partial charge in [0.1, 0.15) is 0 Å². The number of nitrogens with one attached hydrogen (secondary N) is 1. The number of benzene rings is 1. The van der Waals surface area contributed by atoms with Crippen molar-refractivity contribution in [1.29, 1.82) is 0 Å². The molecule has 1 nitrogen and oxygen atoms in total. The van der Waals surface area contributed by atoms with E-state index in [9.17, 15) is 0 Å². The van der Waals surface area contributed by atoms with Crippen molar-refractivity contribution in [2.75, 3.05) is 24.3 Å². The van der Waals surface area contributed by atoms with Gasteiger partial charge in [0, 0.05) is 28.6 Å². The molecule has 1 aliphatic rings. The first kappa shape index (κ1) is 13.3. The maximum absolute atomic E-state index is 3.51. The fraction of sp³-hybridized carbons (Fsp3) is 0.571. The second-order valence-electron chi connectivity index (χ2n) is 4.51. The maximum Gasteiger partial charge on any atom is 0.0295 e. The van der Waals surface area contributed by atoms with Crippen LogP contribution in [-0.4, -0.2) is 35.6 Å². The lowest BCUT2D eigenvalue weighted by Crippen LogP contribution is -2.40. The highest BCUT2D eigenvalue weighted by molar-refractivity contribution is 8.06. The van der Waals surface area contributed by atoms with Gasteiger partial charge in [-0.2, -0.15) is 23.5 Å². The van der Waals surface area contributed by atoms with E-state index in [2.05, 4.69) is 67.1 Å². The van der Waals surface area contributed by atoms with Crippen molar-refractivity contribution in [3.05, 3.63) is 35.4 Å². The molecule has 2 atom stereocenters. The van der Waals surface area contributed by atoms with E-state index in [0.717, 1.165) is 11.7 Å². The Morgan fingerprint density at radius 3 is 2.82 bits per heavy atom. The van der Waals surface area contributed by atoms with Gasteiger partial charge in [0.05, 0.1) is 0 Å². The molecule has 0 spiro atoms. The van der Waals surface area contributed by atoms with Crippen molar-refractivity contribution in [1.82, 2.24) is 5.32 Å². The van der Waals surface area contributed by atoms with Crippen LogP contribution in [-0.2, 0) is 6.42 Å². The molecule has 1 aliphatic heterocycles. The van der Waals surface area contributed by atoms with Gasteiger partial charge < -0.3 is 5.32 Å². The smallest absolute Gasteiger partial charge is 0.0295 e. The zero-order valence-corrected chi connectivity index (χ0v) is 12.2. The van der Waals surface area contributed by atoms with Crippen molar-refractivity contribution >= 4 is 23.5 Å². The van der Waals surface area contributed by atoms with Crippen LogP contribution in [0.25, 0.3) is 0 Å². The summed E-state index contributed by atoms with van der Waals surface area (Å²) in [5.41, 5.74) is 2.91. The second-order valence-corrected chi connectivity index (χ2v) is 7.01. The standard InChI is InChI=1S/C14H21NS2/c1-11-5-3-4-6-12(11)9-13(15-2)14-10-16-7-8-17-14/h3-6,13-15H,7-10H2,1-2H3. The molecule has 1 aromatic rings. The molecule has 2 unspecified atom stereocenters. The van der Waals surface area contributed by atoms with Crippen LogP contribution < -0.4 is 5.32 Å². The minimum absolute atomic E-state index is 0.605. The normalized spacial score (nSPS) is 22.4. The zero-order valence-electron chi connectivity index (χ0n) is 10.6. The Morgan fingerprint density at radius 2 is 2.18 bits per heavy atom. The van der Waals surface area contributed by atoms with Crippen molar-refractivity contribution in [2.45, 2.75) is 24.6 Å². The van der Waals surface area contributed by atoms with Crippen molar-refractivity contribution < 1.29 is 0 Å². The molecule has 1 heterocycles. The highest BCUT2D eigenvalue weighted by Gasteiger charge is 2.23. The summed E-state index contributed by atoms with van der Waals surface area (Å²) in [5, 5.41) is 4.28. The van der Waals surface area contributed by atoms with Crippen LogP contribution in [0.2, 0.25) is 0 Å². The average molecular weight is 267 g/mol. The molecule has 0 bridgehead atoms. The lowest BCUT2D eigenvalue weighted by molar-refractivity contribution is 0.556. The van der Waals surface area contributed by atoms with Crippen LogP contribution in [0.5, 0.6) is 0 Å². The van der Waals surface area contributed by atoms with Gasteiger partial charge >= 0.3 is 0 Å². The first-order valence-corrected chi connectivity index (χ1v) is 8.42. The first-order chi connectivity index (χ1) is 8.31. The lowest BCUT2D eigenvalue weighted by atomic mass is 9.99. The number of thioether (sulfide) groups is 2. The van der Waals surface area contributed by atoms with Gasteiger partial charge in [-0.15, -0.1) is 0 Å². The molecular weight excluding hydrogens is 246 g/mol. The predicted molar refractivity (Wildman–Crippen MR) is 81.3 cm³/mol. The van der Waals surface area contributed by atoms with E-state index in [4.69, 9.17) is 0 Å². The topological polar surface area (TPSA) is 12.0 Å². The van der Waals surface area contributed by atoms with Gasteiger partial charge in [-0.25, -0.2) is 0 Å². The molecule has 3 heteroatoms. The number of likely N-dealkylation sites (N-methyl/N-ethyl adjacent to an activating group) is 1. The molecule has 1 fully saturated rings. The number of rotatable bonds is 4. The largest absolute Gasteiger partial charge is 0.316 e. The fourth-order valence-electron chi connectivity index (χ4n) is 2.23. The Kier molecular flexibility index (Phi) is 5.26. The third-order valence-corrected chi connectivity index (χ3v) is 6.28. The Labute approximate surface area is 113 Å². The average Bonchev–Trinajstić information content (AvgIpc) is 2.39. The van der Waals surface area contributed by atoms with E-state index in [1.807, 2.05) is 0 Å². The van der Waals surface area contributed by atoms with Crippen LogP contribution in [0.3, 0.4) is 0 Å². The van der Waals surface area contributed by atoms with Crippen molar-refractivity contribution in [3.8, 4) is 0 Å². The summed E-state index contributed by atoms with van der Waals surface area (Å²) in [4.78, 5) is 0. The van der Waals surface area contributed by atoms with Crippen molar-refractivity contribution in [3.63, 3.8) is 0 Å². The SMILES string of the molecule is CNC(Cc1ccccc1C)C1CSCCS1. The molecule has 94 valence electrons. The summed E-state index contributed by atoms with van der Waals surface area (Å²) in [5.74, 6) is 3.92. The molecule has 2 rings (SSSR count). The van der Waals surface area contributed by atoms with E-state index < -0.39 is 0 Å². The molecule has 17 heavy (non-hydrogen) atoms. The van der Waals surface area contributed by atoms with Gasteiger partial charge in [-0.1, -0.05) is 24.3 Å². The number of hydrogen-bond donors (Lipinski definition) is 1. The first-order valence-electron chi connectivity index (χ1n) is 6.22. The molecule has 0 aromatic heterocycles. The highest BCUT2D eigenvalue weighted by atomic mass is 32.2. The minimum Gasteiger partial charge on any atom is -0.316 e. The van der Waals surface area contributed by atoms with E-state index >= 15 is 0 Å². The molecule has 0 radical (unpaired) electrons. The second kappa shape index (κ2) is 6.72. The third-order valence-electron chi connectivity index (χ3n) is 3.36. The molecule has 1 aromatic carbocycles. The van der Waals surface area contributed by atoms with Crippen LogP contribution in [0.15, 0.2) is 24.3 Å². The van der Waals surface area contributed by atoms with Crippen LogP contribution >= 0.6 is 23.5 Å². The summed E-state index contributed by atoms with van der Waals surface area (Å²) in [6, 6.07) is 9.36. The summed E-state index contributed by atoms with van der Waals surface area (Å²) < 4.78 is 0. The summed E-state index contributed by atoms with van der Waals surface area (Å²) in [6.45, 7) is 2.21. The van der Waals surface area contributed by atoms with Gasteiger partial charge in [0.2, 0.25) is 0 Å². The van der Waals surface area contributed by atoms with E-state index in [1.54, 1.807) is 0 Å². The summed E-state index contributed by atoms with van der Waals surface area (Å²) in [6.07, 6.45) is 1.15. The molecular formula is C14H21NS2. The Morgan fingerprint density at radius 1 is 1.35 bits per heavy atom. The van der Waals surface area contributed by atoms with Crippen LogP contribution in [0.1, 0.15) is 11.1 Å². The number of hydrogen-bond acceptors (Lipinski definition) is 3. The van der Waals surface area contributed by atoms with Crippen LogP contribution in [0.4, 0.5) is 0 Å².